The van der Waals surface area contributed by atoms with Crippen molar-refractivity contribution in [1.82, 2.24) is 4.72 Å². The first-order chi connectivity index (χ1) is 12.7. The van der Waals surface area contributed by atoms with Gasteiger partial charge >= 0.3 is 7.60 Å². The minimum Gasteiger partial charge on any atom is -0.308 e. The van der Waals surface area contributed by atoms with Crippen LogP contribution in [-0.2, 0) is 23.6 Å². The van der Waals surface area contributed by atoms with Gasteiger partial charge in [0.2, 0.25) is 10.0 Å². The topological polar surface area (TPSA) is 81.7 Å². The summed E-state index contributed by atoms with van der Waals surface area (Å²) in [6.45, 7) is 7.34. The van der Waals surface area contributed by atoms with Gasteiger partial charge in [0.25, 0.3) is 0 Å². The summed E-state index contributed by atoms with van der Waals surface area (Å²) in [6, 6.07) is 13.6. The lowest BCUT2D eigenvalue weighted by Crippen LogP contribution is -2.30. The number of benzene rings is 2. The predicted molar refractivity (Wildman–Crippen MR) is 106 cm³/mol. The van der Waals surface area contributed by atoms with Gasteiger partial charge in [-0.25, -0.2) is 8.42 Å². The monoisotopic (exact) mass is 411 g/mol. The minimum absolute atomic E-state index is 0.0891. The average Bonchev–Trinajstić information content (AvgIpc) is 2.61. The molecule has 2 aromatic rings. The second-order valence-corrected chi connectivity index (χ2v) is 9.90. The molecule has 0 spiro atoms. The van der Waals surface area contributed by atoms with E-state index in [9.17, 15) is 13.0 Å². The maximum atomic E-state index is 13.5. The Bertz CT molecular complexity index is 902. The predicted octanol–water partition coefficient (Wildman–Crippen LogP) is 4.55. The normalized spacial score (nSPS) is 13.5. The van der Waals surface area contributed by atoms with Crippen molar-refractivity contribution in [3.05, 3.63) is 65.2 Å². The molecule has 0 aliphatic carbocycles. The van der Waals surface area contributed by atoms with E-state index in [1.54, 1.807) is 38.1 Å². The highest BCUT2D eigenvalue weighted by Gasteiger charge is 2.40. The lowest BCUT2D eigenvalue weighted by atomic mass is 10.1. The van der Waals surface area contributed by atoms with Crippen LogP contribution in [0.3, 0.4) is 0 Å². The summed E-state index contributed by atoms with van der Waals surface area (Å²) in [5.41, 5.74) is 2.28. The van der Waals surface area contributed by atoms with E-state index in [1.807, 2.05) is 26.0 Å². The summed E-state index contributed by atoms with van der Waals surface area (Å²) in [7, 11) is -7.74. The third-order valence-corrected chi connectivity index (χ3v) is 7.90. The Morgan fingerprint density at radius 2 is 1.52 bits per heavy atom. The number of nitrogens with one attached hydrogen (secondary N) is 1. The molecule has 0 saturated heterocycles. The highest BCUT2D eigenvalue weighted by atomic mass is 32.2. The summed E-state index contributed by atoms with van der Waals surface area (Å²) in [4.78, 5) is 0.0891. The Kier molecular flexibility index (Phi) is 7.37. The van der Waals surface area contributed by atoms with E-state index in [0.29, 0.717) is 5.56 Å². The first-order valence-corrected chi connectivity index (χ1v) is 11.9. The number of aryl methyl sites for hydroxylation is 2. The molecule has 0 aromatic heterocycles. The minimum atomic E-state index is -3.94. The van der Waals surface area contributed by atoms with Crippen molar-refractivity contribution in [2.24, 2.45) is 0 Å². The summed E-state index contributed by atoms with van der Waals surface area (Å²) < 4.78 is 52.8. The van der Waals surface area contributed by atoms with Crippen LogP contribution in [-0.4, -0.2) is 21.6 Å². The summed E-state index contributed by atoms with van der Waals surface area (Å²) in [5.74, 6) is -1.15. The van der Waals surface area contributed by atoms with Crippen molar-refractivity contribution in [1.29, 1.82) is 0 Å². The van der Waals surface area contributed by atoms with Gasteiger partial charge in [-0.05, 0) is 51.0 Å². The van der Waals surface area contributed by atoms with Gasteiger partial charge < -0.3 is 9.05 Å². The van der Waals surface area contributed by atoms with Crippen LogP contribution < -0.4 is 4.72 Å². The van der Waals surface area contributed by atoms with Crippen LogP contribution in [0.5, 0.6) is 0 Å². The third kappa shape index (κ3) is 5.27. The largest absolute Gasteiger partial charge is 0.352 e. The number of hydrogen-bond donors (Lipinski definition) is 1. The van der Waals surface area contributed by atoms with Crippen LogP contribution in [0.2, 0.25) is 0 Å². The molecule has 8 heteroatoms. The van der Waals surface area contributed by atoms with E-state index < -0.39 is 23.4 Å². The third-order valence-electron chi connectivity index (χ3n) is 4.02. The van der Waals surface area contributed by atoms with Crippen molar-refractivity contribution in [3.63, 3.8) is 0 Å². The van der Waals surface area contributed by atoms with Gasteiger partial charge in [-0.2, -0.15) is 4.72 Å². The molecular formula is C19H26NO5PS. The molecule has 1 atom stereocenters. The van der Waals surface area contributed by atoms with E-state index in [2.05, 4.69) is 4.72 Å². The molecule has 2 aromatic carbocycles. The van der Waals surface area contributed by atoms with Gasteiger partial charge in [-0.1, -0.05) is 42.0 Å². The highest BCUT2D eigenvalue weighted by molar-refractivity contribution is 7.89. The number of sulfonamides is 1. The molecule has 1 unspecified atom stereocenters. The quantitative estimate of drug-likeness (QED) is 0.613. The van der Waals surface area contributed by atoms with Crippen molar-refractivity contribution in [3.8, 4) is 0 Å². The fraction of sp³-hybridized carbons (Fsp3) is 0.368. The van der Waals surface area contributed by atoms with Gasteiger partial charge in [0.05, 0.1) is 18.1 Å². The van der Waals surface area contributed by atoms with Crippen LogP contribution >= 0.6 is 7.60 Å². The first kappa shape index (κ1) is 21.8. The Hall–Kier alpha value is -1.50. The molecule has 0 aliphatic heterocycles. The van der Waals surface area contributed by atoms with Gasteiger partial charge in [0.1, 0.15) is 5.78 Å². The van der Waals surface area contributed by atoms with Crippen molar-refractivity contribution >= 4 is 17.6 Å². The summed E-state index contributed by atoms with van der Waals surface area (Å²) in [5, 5.41) is 0. The Labute approximate surface area is 161 Å². The first-order valence-electron chi connectivity index (χ1n) is 8.77. The maximum absolute atomic E-state index is 13.5. The molecule has 6 nitrogen and oxygen atoms in total. The van der Waals surface area contributed by atoms with E-state index in [0.717, 1.165) is 11.1 Å². The summed E-state index contributed by atoms with van der Waals surface area (Å²) in [6.07, 6.45) is 0. The zero-order valence-corrected chi connectivity index (χ0v) is 17.7. The van der Waals surface area contributed by atoms with Crippen molar-refractivity contribution < 1.29 is 22.0 Å². The molecule has 0 saturated carbocycles. The lowest BCUT2D eigenvalue weighted by molar-refractivity contribution is 0.210. The molecule has 1 N–H and O–H groups in total. The second kappa shape index (κ2) is 9.13. The molecule has 0 radical (unpaired) electrons. The van der Waals surface area contributed by atoms with Crippen LogP contribution in [0.15, 0.2) is 53.4 Å². The second-order valence-electron chi connectivity index (χ2n) is 6.07. The summed E-state index contributed by atoms with van der Waals surface area (Å²) >= 11 is 0. The molecule has 0 fully saturated rings. The Morgan fingerprint density at radius 3 is 2.04 bits per heavy atom. The van der Waals surface area contributed by atoms with Crippen molar-refractivity contribution in [2.45, 2.75) is 38.4 Å². The number of hydrogen-bond acceptors (Lipinski definition) is 5. The van der Waals surface area contributed by atoms with E-state index in [-0.39, 0.29) is 18.1 Å². The van der Waals surface area contributed by atoms with Crippen LogP contribution in [0.4, 0.5) is 0 Å². The molecule has 0 aliphatic rings. The van der Waals surface area contributed by atoms with Gasteiger partial charge in [0.15, 0.2) is 0 Å². The standard InChI is InChI=1S/C19H26NO5PS/c1-5-24-26(21,25-6-2)19(18-10-8-7-9-16(18)4)20-27(22,23)17-13-11-15(3)12-14-17/h7-14,19-20H,5-6H2,1-4H3. The SMILES string of the molecule is CCOP(=O)(OCC)C(NS(=O)(=O)c1ccc(C)cc1)c1ccccc1C. The van der Waals surface area contributed by atoms with Gasteiger partial charge in [0, 0.05) is 0 Å². The molecular weight excluding hydrogens is 385 g/mol. The van der Waals surface area contributed by atoms with Crippen LogP contribution in [0.1, 0.15) is 36.3 Å². The van der Waals surface area contributed by atoms with Crippen LogP contribution in [0, 0.1) is 13.8 Å². The molecule has 0 heterocycles. The average molecular weight is 411 g/mol. The molecule has 148 valence electrons. The van der Waals surface area contributed by atoms with Crippen LogP contribution in [0.25, 0.3) is 0 Å². The zero-order chi connectivity index (χ0) is 20.1. The maximum Gasteiger partial charge on any atom is 0.352 e. The molecule has 2 rings (SSSR count). The Balaban J connectivity index is 2.54. The molecule has 0 bridgehead atoms. The highest BCUT2D eigenvalue weighted by Crippen LogP contribution is 2.60. The Morgan fingerprint density at radius 1 is 0.963 bits per heavy atom. The van der Waals surface area contributed by atoms with Crippen molar-refractivity contribution in [2.75, 3.05) is 13.2 Å². The molecule has 0 amide bonds. The van der Waals surface area contributed by atoms with Gasteiger partial charge in [-0.15, -0.1) is 0 Å². The number of rotatable bonds is 9. The molecule has 27 heavy (non-hydrogen) atoms. The lowest BCUT2D eigenvalue weighted by Gasteiger charge is -2.28. The smallest absolute Gasteiger partial charge is 0.308 e. The zero-order valence-electron chi connectivity index (χ0n) is 16.0. The fourth-order valence-corrected chi connectivity index (χ4v) is 6.38. The van der Waals surface area contributed by atoms with E-state index >= 15 is 0 Å². The van der Waals surface area contributed by atoms with E-state index in [1.165, 1.54) is 12.1 Å². The fourth-order valence-electron chi connectivity index (χ4n) is 2.67. The van der Waals surface area contributed by atoms with Gasteiger partial charge in [-0.3, -0.25) is 4.57 Å². The van der Waals surface area contributed by atoms with E-state index in [4.69, 9.17) is 9.05 Å².